The Morgan fingerprint density at radius 1 is 1.56 bits per heavy atom. The number of anilines is 1. The average molecular weight is 218 g/mol. The lowest BCUT2D eigenvalue weighted by molar-refractivity contribution is -0.115. The number of methoxy groups -OCH3 is 1. The lowest BCUT2D eigenvalue weighted by Crippen LogP contribution is -2.04. The lowest BCUT2D eigenvalue weighted by atomic mass is 10.1. The fourth-order valence-corrected chi connectivity index (χ4v) is 1.79. The molecule has 4 heteroatoms. The summed E-state index contributed by atoms with van der Waals surface area (Å²) in [5, 5.41) is 2.84. The van der Waals surface area contributed by atoms with Gasteiger partial charge in [-0.15, -0.1) is 0 Å². The molecule has 1 aliphatic heterocycles. The van der Waals surface area contributed by atoms with E-state index in [2.05, 4.69) is 5.32 Å². The van der Waals surface area contributed by atoms with Crippen LogP contribution in [0.4, 0.5) is 5.69 Å². The molecule has 0 unspecified atom stereocenters. The lowest BCUT2D eigenvalue weighted by Gasteiger charge is -2.07. The fraction of sp³-hybridized carbons (Fsp3) is 0.250. The molecule has 1 aromatic carbocycles. The highest BCUT2D eigenvalue weighted by atomic mass is 16.5. The van der Waals surface area contributed by atoms with E-state index in [-0.39, 0.29) is 5.91 Å². The van der Waals surface area contributed by atoms with E-state index >= 15 is 0 Å². The first-order valence-electron chi connectivity index (χ1n) is 5.12. The van der Waals surface area contributed by atoms with Crippen molar-refractivity contribution in [2.75, 3.05) is 19.0 Å². The number of carbonyl (C=O) groups is 1. The van der Waals surface area contributed by atoms with E-state index in [1.165, 1.54) is 0 Å². The molecule has 0 saturated heterocycles. The number of fused-ring (bicyclic) bond motifs is 1. The van der Waals surface area contributed by atoms with E-state index < -0.39 is 0 Å². The molecule has 84 valence electrons. The number of benzene rings is 1. The summed E-state index contributed by atoms with van der Waals surface area (Å²) in [4.78, 5) is 11.3. The SMILES string of the molecule is COc1cc(/C=C/CN)c2c(c1)CC(=O)N2. The summed E-state index contributed by atoms with van der Waals surface area (Å²) in [5.41, 5.74) is 8.19. The molecule has 0 atom stereocenters. The van der Waals surface area contributed by atoms with Gasteiger partial charge >= 0.3 is 0 Å². The average Bonchev–Trinajstić information content (AvgIpc) is 2.65. The molecule has 3 N–H and O–H groups in total. The number of nitrogens with two attached hydrogens (primary N) is 1. The Bertz CT molecular complexity index is 453. The molecule has 0 fully saturated rings. The molecule has 0 saturated carbocycles. The molecular formula is C12H14N2O2. The molecule has 4 nitrogen and oxygen atoms in total. The number of ether oxygens (including phenoxy) is 1. The molecule has 0 bridgehead atoms. The second-order valence-electron chi connectivity index (χ2n) is 3.61. The molecule has 16 heavy (non-hydrogen) atoms. The zero-order valence-electron chi connectivity index (χ0n) is 9.12. The standard InChI is InChI=1S/C12H14N2O2/c1-16-10-5-8(3-2-4-13)12-9(6-10)7-11(15)14-12/h2-3,5-6H,4,7,13H2,1H3,(H,14,15)/b3-2+. The Kier molecular flexibility index (Phi) is 2.92. The van der Waals surface area contributed by atoms with Gasteiger partial charge < -0.3 is 15.8 Å². The van der Waals surface area contributed by atoms with Crippen LogP contribution in [0.25, 0.3) is 6.08 Å². The van der Waals surface area contributed by atoms with Crippen LogP contribution in [0.15, 0.2) is 18.2 Å². The van der Waals surface area contributed by atoms with Crippen LogP contribution in [0.2, 0.25) is 0 Å². The fourth-order valence-electron chi connectivity index (χ4n) is 1.79. The topological polar surface area (TPSA) is 64.3 Å². The molecule has 0 aromatic heterocycles. The summed E-state index contributed by atoms with van der Waals surface area (Å²) in [6.45, 7) is 0.472. The number of nitrogens with one attached hydrogen (secondary N) is 1. The van der Waals surface area contributed by atoms with Crippen molar-refractivity contribution in [2.24, 2.45) is 5.73 Å². The van der Waals surface area contributed by atoms with Crippen molar-refractivity contribution in [1.82, 2.24) is 0 Å². The van der Waals surface area contributed by atoms with Gasteiger partial charge in [-0.1, -0.05) is 12.2 Å². The van der Waals surface area contributed by atoms with E-state index in [9.17, 15) is 4.79 Å². The van der Waals surface area contributed by atoms with Gasteiger partial charge in [0.05, 0.1) is 19.2 Å². The maximum atomic E-state index is 11.3. The van der Waals surface area contributed by atoms with Crippen molar-refractivity contribution in [2.45, 2.75) is 6.42 Å². The Balaban J connectivity index is 2.46. The highest BCUT2D eigenvalue weighted by Crippen LogP contribution is 2.32. The van der Waals surface area contributed by atoms with Crippen molar-refractivity contribution >= 4 is 17.7 Å². The molecule has 1 aliphatic rings. The smallest absolute Gasteiger partial charge is 0.228 e. The Morgan fingerprint density at radius 2 is 2.38 bits per heavy atom. The largest absolute Gasteiger partial charge is 0.497 e. The summed E-state index contributed by atoms with van der Waals surface area (Å²) in [5.74, 6) is 0.776. The van der Waals surface area contributed by atoms with Crippen LogP contribution < -0.4 is 15.8 Å². The molecule has 1 aromatic rings. The first-order valence-corrected chi connectivity index (χ1v) is 5.12. The number of carbonyl (C=O) groups excluding carboxylic acids is 1. The summed E-state index contributed by atoms with van der Waals surface area (Å²) in [6.07, 6.45) is 4.16. The predicted molar refractivity (Wildman–Crippen MR) is 63.4 cm³/mol. The zero-order chi connectivity index (χ0) is 11.5. The molecule has 0 aliphatic carbocycles. The second-order valence-corrected chi connectivity index (χ2v) is 3.61. The number of hydrogen-bond donors (Lipinski definition) is 2. The van der Waals surface area contributed by atoms with Gasteiger partial charge in [0.1, 0.15) is 5.75 Å². The maximum Gasteiger partial charge on any atom is 0.228 e. The van der Waals surface area contributed by atoms with Gasteiger partial charge in [0.2, 0.25) is 5.91 Å². The van der Waals surface area contributed by atoms with Gasteiger partial charge in [0.15, 0.2) is 0 Å². The van der Waals surface area contributed by atoms with E-state index in [1.807, 2.05) is 24.3 Å². The number of hydrogen-bond acceptors (Lipinski definition) is 3. The van der Waals surface area contributed by atoms with E-state index in [4.69, 9.17) is 10.5 Å². The molecule has 0 spiro atoms. The van der Waals surface area contributed by atoms with Crippen molar-refractivity contribution in [3.63, 3.8) is 0 Å². The van der Waals surface area contributed by atoms with Crippen LogP contribution in [-0.2, 0) is 11.2 Å². The first kappa shape index (κ1) is 10.7. The van der Waals surface area contributed by atoms with Crippen LogP contribution in [0.3, 0.4) is 0 Å². The van der Waals surface area contributed by atoms with Crippen LogP contribution in [-0.4, -0.2) is 19.6 Å². The number of rotatable bonds is 3. The summed E-state index contributed by atoms with van der Waals surface area (Å²) < 4.78 is 5.19. The third-order valence-corrected chi connectivity index (χ3v) is 2.51. The summed E-state index contributed by atoms with van der Waals surface area (Å²) >= 11 is 0. The molecule has 1 heterocycles. The van der Waals surface area contributed by atoms with Crippen LogP contribution in [0.5, 0.6) is 5.75 Å². The van der Waals surface area contributed by atoms with Gasteiger partial charge in [-0.05, 0) is 17.7 Å². The van der Waals surface area contributed by atoms with Gasteiger partial charge in [0.25, 0.3) is 0 Å². The molecule has 1 amide bonds. The van der Waals surface area contributed by atoms with Crippen LogP contribution in [0.1, 0.15) is 11.1 Å². The monoisotopic (exact) mass is 218 g/mol. The Morgan fingerprint density at radius 3 is 3.06 bits per heavy atom. The minimum Gasteiger partial charge on any atom is -0.497 e. The molecule has 0 radical (unpaired) electrons. The predicted octanol–water partition coefficient (Wildman–Crippen LogP) is 1.16. The first-order chi connectivity index (χ1) is 7.74. The highest BCUT2D eigenvalue weighted by molar-refractivity contribution is 6.01. The normalized spacial score (nSPS) is 14.0. The third kappa shape index (κ3) is 1.92. The minimum atomic E-state index is 0.0191. The second kappa shape index (κ2) is 4.37. The zero-order valence-corrected chi connectivity index (χ0v) is 9.12. The number of amides is 1. The quantitative estimate of drug-likeness (QED) is 0.800. The van der Waals surface area contributed by atoms with Gasteiger partial charge in [0, 0.05) is 12.1 Å². The van der Waals surface area contributed by atoms with E-state index in [0.717, 1.165) is 22.6 Å². The maximum absolute atomic E-state index is 11.3. The van der Waals surface area contributed by atoms with Crippen molar-refractivity contribution in [3.05, 3.63) is 29.3 Å². The van der Waals surface area contributed by atoms with Gasteiger partial charge in [-0.25, -0.2) is 0 Å². The van der Waals surface area contributed by atoms with Crippen molar-refractivity contribution < 1.29 is 9.53 Å². The van der Waals surface area contributed by atoms with Crippen LogP contribution >= 0.6 is 0 Å². The molecule has 2 rings (SSSR count). The van der Waals surface area contributed by atoms with E-state index in [0.29, 0.717) is 13.0 Å². The summed E-state index contributed by atoms with van der Waals surface area (Å²) in [7, 11) is 1.61. The Hall–Kier alpha value is -1.81. The van der Waals surface area contributed by atoms with Gasteiger partial charge in [-0.2, -0.15) is 0 Å². The third-order valence-electron chi connectivity index (χ3n) is 2.51. The minimum absolute atomic E-state index is 0.0191. The molecular weight excluding hydrogens is 204 g/mol. The van der Waals surface area contributed by atoms with Crippen molar-refractivity contribution in [1.29, 1.82) is 0 Å². The van der Waals surface area contributed by atoms with Crippen molar-refractivity contribution in [3.8, 4) is 5.75 Å². The van der Waals surface area contributed by atoms with E-state index in [1.54, 1.807) is 7.11 Å². The highest BCUT2D eigenvalue weighted by Gasteiger charge is 2.20. The Labute approximate surface area is 94.1 Å². The van der Waals surface area contributed by atoms with Crippen LogP contribution in [0, 0.1) is 0 Å². The summed E-state index contributed by atoms with van der Waals surface area (Å²) in [6, 6.07) is 3.77. The van der Waals surface area contributed by atoms with Gasteiger partial charge in [-0.3, -0.25) is 4.79 Å².